The topological polar surface area (TPSA) is 97.2 Å². The monoisotopic (exact) mass is 469 g/mol. The first-order chi connectivity index (χ1) is 16.1. The van der Waals surface area contributed by atoms with E-state index in [2.05, 4.69) is 15.3 Å². The molecule has 4 heterocycles. The molecule has 1 aromatic carbocycles. The Morgan fingerprint density at radius 2 is 1.91 bits per heavy atom. The molecule has 1 N–H and O–H groups in total. The molecular formula is C23H18F3N5O3. The van der Waals surface area contributed by atoms with Gasteiger partial charge in [-0.25, -0.2) is 4.98 Å². The first-order valence-corrected chi connectivity index (χ1v) is 10.5. The lowest BCUT2D eigenvalue weighted by molar-refractivity contribution is -0.146. The van der Waals surface area contributed by atoms with E-state index in [1.165, 1.54) is 24.2 Å². The van der Waals surface area contributed by atoms with Gasteiger partial charge in [-0.15, -0.1) is 0 Å². The molecular weight excluding hydrogens is 451 g/mol. The number of amides is 3. The van der Waals surface area contributed by atoms with Crippen LogP contribution in [0.1, 0.15) is 34.6 Å². The highest BCUT2D eigenvalue weighted by molar-refractivity contribution is 6.05. The number of nitrogens with zero attached hydrogens (tertiary/aromatic N) is 4. The van der Waals surface area contributed by atoms with Crippen molar-refractivity contribution in [3.05, 3.63) is 59.5 Å². The Labute approximate surface area is 191 Å². The summed E-state index contributed by atoms with van der Waals surface area (Å²) in [4.78, 5) is 46.1. The Morgan fingerprint density at radius 3 is 2.59 bits per heavy atom. The van der Waals surface area contributed by atoms with E-state index in [1.54, 1.807) is 30.3 Å². The molecule has 2 aromatic heterocycles. The molecule has 0 saturated carbocycles. The average Bonchev–Trinajstić information content (AvgIpc) is 3.31. The van der Waals surface area contributed by atoms with Crippen LogP contribution < -0.4 is 5.32 Å². The van der Waals surface area contributed by atoms with E-state index in [0.29, 0.717) is 22.4 Å². The van der Waals surface area contributed by atoms with Gasteiger partial charge in [0.25, 0.3) is 5.91 Å². The van der Waals surface area contributed by atoms with Crippen molar-refractivity contribution in [1.29, 1.82) is 0 Å². The predicted molar refractivity (Wildman–Crippen MR) is 113 cm³/mol. The van der Waals surface area contributed by atoms with Crippen molar-refractivity contribution < 1.29 is 27.6 Å². The normalized spacial score (nSPS) is 18.3. The minimum absolute atomic E-state index is 0.0863. The summed E-state index contributed by atoms with van der Waals surface area (Å²) in [5.74, 6) is -2.34. The molecule has 3 aromatic rings. The maximum atomic E-state index is 13.6. The zero-order valence-corrected chi connectivity index (χ0v) is 17.9. The predicted octanol–water partition coefficient (Wildman–Crippen LogP) is 2.93. The fraction of sp³-hybridized carbons (Fsp3) is 0.261. The number of fused-ring (bicyclic) bond motifs is 1. The van der Waals surface area contributed by atoms with Gasteiger partial charge in [0.1, 0.15) is 6.04 Å². The maximum Gasteiger partial charge on any atom is 0.449 e. The largest absolute Gasteiger partial charge is 0.449 e. The number of carbonyl (C=O) groups is 3. The second-order valence-corrected chi connectivity index (χ2v) is 8.18. The summed E-state index contributed by atoms with van der Waals surface area (Å²) in [5.41, 5.74) is 1.92. The fourth-order valence-electron chi connectivity index (χ4n) is 4.47. The number of hydrogen-bond acceptors (Lipinski definition) is 5. The van der Waals surface area contributed by atoms with Gasteiger partial charge in [0.05, 0.1) is 17.1 Å². The van der Waals surface area contributed by atoms with E-state index < -0.39 is 23.9 Å². The Bertz CT molecular complexity index is 1330. The van der Waals surface area contributed by atoms with Crippen LogP contribution in [0.15, 0.2) is 42.6 Å². The first kappa shape index (κ1) is 21.8. The second-order valence-electron chi connectivity index (χ2n) is 8.18. The van der Waals surface area contributed by atoms with E-state index in [0.717, 1.165) is 4.57 Å². The zero-order valence-electron chi connectivity index (χ0n) is 17.9. The molecule has 0 spiro atoms. The van der Waals surface area contributed by atoms with Crippen molar-refractivity contribution in [2.75, 3.05) is 0 Å². The number of imidazole rings is 1. The Balaban J connectivity index is 1.56. The quantitative estimate of drug-likeness (QED) is 0.595. The average molecular weight is 469 g/mol. The van der Waals surface area contributed by atoms with Crippen molar-refractivity contribution in [2.45, 2.75) is 31.6 Å². The molecule has 1 saturated heterocycles. The van der Waals surface area contributed by atoms with Crippen LogP contribution in [0, 0.1) is 0 Å². The summed E-state index contributed by atoms with van der Waals surface area (Å²) in [5, 5.41) is 2.24. The molecule has 1 fully saturated rings. The molecule has 0 bridgehead atoms. The minimum atomic E-state index is -4.67. The maximum absolute atomic E-state index is 13.6. The van der Waals surface area contributed by atoms with Crippen LogP contribution >= 0.6 is 0 Å². The van der Waals surface area contributed by atoms with Crippen molar-refractivity contribution in [1.82, 2.24) is 24.8 Å². The highest BCUT2D eigenvalue weighted by Gasteiger charge is 2.41. The Hall–Kier alpha value is -4.02. The lowest BCUT2D eigenvalue weighted by Gasteiger charge is -2.29. The van der Waals surface area contributed by atoms with Crippen LogP contribution in [0.25, 0.3) is 22.6 Å². The number of pyridine rings is 1. The molecule has 1 unspecified atom stereocenters. The second kappa shape index (κ2) is 7.79. The first-order valence-electron chi connectivity index (χ1n) is 10.5. The number of rotatable bonds is 3. The third-order valence-corrected chi connectivity index (χ3v) is 6.05. The molecule has 8 nitrogen and oxygen atoms in total. The van der Waals surface area contributed by atoms with E-state index in [4.69, 9.17) is 0 Å². The number of hydrogen-bond donors (Lipinski definition) is 1. The molecule has 2 aliphatic heterocycles. The van der Waals surface area contributed by atoms with E-state index in [9.17, 15) is 27.6 Å². The number of benzene rings is 1. The van der Waals surface area contributed by atoms with Gasteiger partial charge in [0.2, 0.25) is 17.6 Å². The third-order valence-electron chi connectivity index (χ3n) is 6.05. The fourth-order valence-corrected chi connectivity index (χ4v) is 4.47. The van der Waals surface area contributed by atoms with Crippen LogP contribution in [0.2, 0.25) is 0 Å². The lowest BCUT2D eigenvalue weighted by Crippen LogP contribution is -2.52. The number of alkyl halides is 3. The molecule has 3 amide bonds. The van der Waals surface area contributed by atoms with Crippen LogP contribution in [0.4, 0.5) is 13.2 Å². The minimum Gasteiger partial charge on any atom is -0.322 e. The summed E-state index contributed by atoms with van der Waals surface area (Å²) in [6.07, 6.45) is -2.84. The summed E-state index contributed by atoms with van der Waals surface area (Å²) < 4.78 is 41.9. The highest BCUT2D eigenvalue weighted by atomic mass is 19.4. The summed E-state index contributed by atoms with van der Waals surface area (Å²) in [7, 11) is 1.28. The van der Waals surface area contributed by atoms with E-state index in [-0.39, 0.29) is 42.6 Å². The Morgan fingerprint density at radius 1 is 1.12 bits per heavy atom. The lowest BCUT2D eigenvalue weighted by atomic mass is 10.0. The molecule has 11 heteroatoms. The van der Waals surface area contributed by atoms with Crippen LogP contribution in [0.3, 0.4) is 0 Å². The molecule has 0 radical (unpaired) electrons. The van der Waals surface area contributed by atoms with Crippen molar-refractivity contribution in [3.8, 4) is 22.6 Å². The molecule has 34 heavy (non-hydrogen) atoms. The standard InChI is InChI=1S/C23H18F3N5O3/c1-30-19(15-4-2-3-9-27-15)18(29-22(30)23(24,25)26)12-5-6-14-13(10-12)11-31(21(14)34)16-7-8-17(32)28-20(16)33/h2-6,9-10,16H,7-8,11H2,1H3,(H,28,32,33). The summed E-state index contributed by atoms with van der Waals surface area (Å²) >= 11 is 0. The molecule has 5 rings (SSSR count). The van der Waals surface area contributed by atoms with Gasteiger partial charge in [-0.05, 0) is 36.2 Å². The van der Waals surface area contributed by atoms with Gasteiger partial charge in [0, 0.05) is 37.3 Å². The van der Waals surface area contributed by atoms with Crippen LogP contribution in [0.5, 0.6) is 0 Å². The van der Waals surface area contributed by atoms with Crippen LogP contribution in [-0.4, -0.2) is 43.2 Å². The number of imide groups is 1. The number of aromatic nitrogens is 3. The smallest absolute Gasteiger partial charge is 0.322 e. The van der Waals surface area contributed by atoms with Crippen molar-refractivity contribution in [2.24, 2.45) is 7.05 Å². The molecule has 0 aliphatic carbocycles. The van der Waals surface area contributed by atoms with Crippen molar-refractivity contribution in [3.63, 3.8) is 0 Å². The number of halogens is 3. The molecule has 2 aliphatic rings. The SMILES string of the molecule is Cn1c(C(F)(F)F)nc(-c2ccc3c(c2)CN(C2CCC(=O)NC2=O)C3=O)c1-c1ccccn1. The highest BCUT2D eigenvalue weighted by Crippen LogP contribution is 2.39. The summed E-state index contributed by atoms with van der Waals surface area (Å²) in [6, 6.07) is 8.84. The van der Waals surface area contributed by atoms with Gasteiger partial charge in [0.15, 0.2) is 0 Å². The molecule has 174 valence electrons. The third kappa shape index (κ3) is 3.53. The van der Waals surface area contributed by atoms with Crippen LogP contribution in [-0.2, 0) is 29.4 Å². The molecule has 1 atom stereocenters. The number of piperidine rings is 1. The van der Waals surface area contributed by atoms with Crippen molar-refractivity contribution >= 4 is 17.7 Å². The van der Waals surface area contributed by atoms with Gasteiger partial charge in [-0.3, -0.25) is 24.7 Å². The number of nitrogens with one attached hydrogen (secondary N) is 1. The zero-order chi connectivity index (χ0) is 24.2. The summed E-state index contributed by atoms with van der Waals surface area (Å²) in [6.45, 7) is 0.103. The van der Waals surface area contributed by atoms with E-state index in [1.807, 2.05) is 0 Å². The van der Waals surface area contributed by atoms with E-state index >= 15 is 0 Å². The van der Waals surface area contributed by atoms with Gasteiger partial charge in [-0.2, -0.15) is 13.2 Å². The van der Waals surface area contributed by atoms with Gasteiger partial charge in [-0.1, -0.05) is 12.1 Å². The van der Waals surface area contributed by atoms with Gasteiger partial charge >= 0.3 is 6.18 Å². The van der Waals surface area contributed by atoms with Gasteiger partial charge < -0.3 is 9.47 Å². The number of carbonyl (C=O) groups excluding carboxylic acids is 3. The Kier molecular flexibility index (Phi) is 4.99.